The summed E-state index contributed by atoms with van der Waals surface area (Å²) in [6, 6.07) is 5.12. The third-order valence-electron chi connectivity index (χ3n) is 2.81. The molecule has 0 atom stereocenters. The van der Waals surface area contributed by atoms with Crippen molar-refractivity contribution in [1.82, 2.24) is 0 Å². The first-order chi connectivity index (χ1) is 8.10. The van der Waals surface area contributed by atoms with Crippen LogP contribution in [0.4, 0.5) is 0 Å². The van der Waals surface area contributed by atoms with Crippen LogP contribution in [0.2, 0.25) is 0 Å². The Labute approximate surface area is 96.8 Å². The molecule has 0 aromatic carbocycles. The Bertz CT molecular complexity index is 593. The minimum Gasteiger partial charge on any atom is -0.444 e. The van der Waals surface area contributed by atoms with Gasteiger partial charge in [0, 0.05) is 12.8 Å². The predicted octanol–water partition coefficient (Wildman–Crippen LogP) is 0.361. The van der Waals surface area contributed by atoms with Crippen molar-refractivity contribution in [1.29, 1.82) is 15.8 Å². The summed E-state index contributed by atoms with van der Waals surface area (Å²) < 4.78 is 5.13. The summed E-state index contributed by atoms with van der Waals surface area (Å²) in [5.41, 5.74) is 3.25. The van der Waals surface area contributed by atoms with E-state index >= 15 is 0 Å². The van der Waals surface area contributed by atoms with Gasteiger partial charge in [-0.25, -0.2) is 0 Å². The SMILES string of the molecule is N#CC1=C(N)OC2=C(C(=O)CC2)C1(C#N)C#N. The van der Waals surface area contributed by atoms with Crippen molar-refractivity contribution in [2.45, 2.75) is 12.8 Å². The predicted molar refractivity (Wildman–Crippen MR) is 52.8 cm³/mol. The van der Waals surface area contributed by atoms with Gasteiger partial charge in [-0.1, -0.05) is 0 Å². The Morgan fingerprint density at radius 1 is 1.24 bits per heavy atom. The number of hydrogen-bond donors (Lipinski definition) is 1. The molecule has 6 nitrogen and oxygen atoms in total. The minimum absolute atomic E-state index is 0.0340. The number of rotatable bonds is 0. The van der Waals surface area contributed by atoms with Gasteiger partial charge < -0.3 is 10.5 Å². The second kappa shape index (κ2) is 3.37. The summed E-state index contributed by atoms with van der Waals surface area (Å²) >= 11 is 0. The molecule has 17 heavy (non-hydrogen) atoms. The number of nitriles is 3. The van der Waals surface area contributed by atoms with E-state index in [9.17, 15) is 15.3 Å². The Morgan fingerprint density at radius 3 is 2.41 bits per heavy atom. The fraction of sp³-hybridized carbons (Fsp3) is 0.273. The topological polar surface area (TPSA) is 124 Å². The van der Waals surface area contributed by atoms with E-state index < -0.39 is 5.41 Å². The molecule has 1 aliphatic carbocycles. The van der Waals surface area contributed by atoms with Gasteiger partial charge in [0.05, 0.1) is 17.7 Å². The van der Waals surface area contributed by atoms with Crippen molar-refractivity contribution in [2.75, 3.05) is 0 Å². The smallest absolute Gasteiger partial charge is 0.215 e. The summed E-state index contributed by atoms with van der Waals surface area (Å²) in [6.45, 7) is 0. The summed E-state index contributed by atoms with van der Waals surface area (Å²) in [7, 11) is 0. The van der Waals surface area contributed by atoms with Crippen LogP contribution in [0.5, 0.6) is 0 Å². The number of allylic oxidation sites excluding steroid dienone is 3. The highest BCUT2D eigenvalue weighted by Crippen LogP contribution is 2.46. The van der Waals surface area contributed by atoms with Crippen LogP contribution in [0.1, 0.15) is 12.8 Å². The second-order valence-corrected chi connectivity index (χ2v) is 3.65. The highest BCUT2D eigenvalue weighted by Gasteiger charge is 2.52. The largest absolute Gasteiger partial charge is 0.444 e. The van der Waals surface area contributed by atoms with Gasteiger partial charge in [-0.3, -0.25) is 4.79 Å². The first-order valence-electron chi connectivity index (χ1n) is 4.78. The average molecular weight is 226 g/mol. The van der Waals surface area contributed by atoms with Crippen molar-refractivity contribution >= 4 is 5.78 Å². The van der Waals surface area contributed by atoms with E-state index in [4.69, 9.17) is 15.7 Å². The maximum absolute atomic E-state index is 11.7. The highest BCUT2D eigenvalue weighted by molar-refractivity contribution is 6.02. The van der Waals surface area contributed by atoms with Crippen LogP contribution < -0.4 is 5.73 Å². The van der Waals surface area contributed by atoms with Crippen LogP contribution in [0.15, 0.2) is 22.8 Å². The molecule has 0 bridgehead atoms. The van der Waals surface area contributed by atoms with Crippen LogP contribution in [-0.2, 0) is 9.53 Å². The van der Waals surface area contributed by atoms with Crippen molar-refractivity contribution in [2.24, 2.45) is 11.1 Å². The third kappa shape index (κ3) is 1.14. The summed E-state index contributed by atoms with van der Waals surface area (Å²) in [6.07, 6.45) is 0.473. The quantitative estimate of drug-likeness (QED) is 0.635. The summed E-state index contributed by atoms with van der Waals surface area (Å²) in [5.74, 6) is -0.387. The third-order valence-corrected chi connectivity index (χ3v) is 2.81. The van der Waals surface area contributed by atoms with Crippen LogP contribution in [0.25, 0.3) is 0 Å². The molecule has 1 aliphatic heterocycles. The van der Waals surface area contributed by atoms with Crippen molar-refractivity contribution in [3.05, 3.63) is 22.8 Å². The number of ether oxygens (including phenoxy) is 1. The minimum atomic E-state index is -1.92. The van der Waals surface area contributed by atoms with Gasteiger partial charge in [-0.2, -0.15) is 15.8 Å². The lowest BCUT2D eigenvalue weighted by molar-refractivity contribution is -0.115. The van der Waals surface area contributed by atoms with Crippen LogP contribution >= 0.6 is 0 Å². The molecule has 0 spiro atoms. The molecule has 2 aliphatic rings. The van der Waals surface area contributed by atoms with Crippen molar-refractivity contribution in [3.8, 4) is 18.2 Å². The number of carbonyl (C=O) groups is 1. The summed E-state index contributed by atoms with van der Waals surface area (Å²) in [4.78, 5) is 11.7. The number of ketones is 1. The molecule has 0 radical (unpaired) electrons. The molecule has 2 N–H and O–H groups in total. The van der Waals surface area contributed by atoms with Gasteiger partial charge in [0.1, 0.15) is 17.4 Å². The molecule has 0 amide bonds. The lowest BCUT2D eigenvalue weighted by Crippen LogP contribution is -2.32. The molecule has 82 valence electrons. The van der Waals surface area contributed by atoms with Crippen LogP contribution in [-0.4, -0.2) is 5.78 Å². The molecule has 0 fully saturated rings. The van der Waals surface area contributed by atoms with Gasteiger partial charge in [0.25, 0.3) is 0 Å². The highest BCUT2D eigenvalue weighted by atomic mass is 16.5. The maximum Gasteiger partial charge on any atom is 0.215 e. The van der Waals surface area contributed by atoms with Crippen LogP contribution in [0.3, 0.4) is 0 Å². The Kier molecular flexibility index (Phi) is 2.12. The molecular weight excluding hydrogens is 220 g/mol. The van der Waals surface area contributed by atoms with Crippen LogP contribution in [0, 0.1) is 39.4 Å². The van der Waals surface area contributed by atoms with Crippen molar-refractivity contribution < 1.29 is 9.53 Å². The van der Waals surface area contributed by atoms with Gasteiger partial charge >= 0.3 is 0 Å². The fourth-order valence-electron chi connectivity index (χ4n) is 2.03. The second-order valence-electron chi connectivity index (χ2n) is 3.65. The standard InChI is InChI=1S/C11H6N4O2/c12-3-6-10(15)17-8-2-1-7(16)9(8)11(6,4-13)5-14/h1-2,15H2. The molecule has 0 saturated carbocycles. The summed E-state index contributed by atoms with van der Waals surface area (Å²) in [5, 5.41) is 27.3. The van der Waals surface area contributed by atoms with Gasteiger partial charge in [0.15, 0.2) is 5.78 Å². The number of carbonyl (C=O) groups excluding carboxylic acids is 1. The van der Waals surface area contributed by atoms with E-state index in [1.165, 1.54) is 0 Å². The number of Topliss-reactive ketones (excluding diaryl/α,β-unsaturated/α-hetero) is 1. The van der Waals surface area contributed by atoms with Gasteiger partial charge in [-0.05, 0) is 0 Å². The molecule has 2 rings (SSSR count). The fourth-order valence-corrected chi connectivity index (χ4v) is 2.03. The van der Waals surface area contributed by atoms with E-state index in [0.717, 1.165) is 0 Å². The molecule has 0 unspecified atom stereocenters. The van der Waals surface area contributed by atoms with Gasteiger partial charge in [0.2, 0.25) is 11.3 Å². The Hall–Kier alpha value is -2.78. The molecule has 1 heterocycles. The Balaban J connectivity index is 2.76. The molecule has 0 aromatic heterocycles. The molecule has 0 aromatic rings. The monoisotopic (exact) mass is 226 g/mol. The Morgan fingerprint density at radius 2 is 1.88 bits per heavy atom. The average Bonchev–Trinajstić information content (AvgIpc) is 2.69. The molecule has 0 saturated heterocycles. The van der Waals surface area contributed by atoms with E-state index in [0.29, 0.717) is 6.42 Å². The lowest BCUT2D eigenvalue weighted by atomic mass is 9.74. The number of nitrogens with zero attached hydrogens (tertiary/aromatic N) is 3. The zero-order chi connectivity index (χ0) is 12.6. The first kappa shape index (κ1) is 10.7. The molecular formula is C11H6N4O2. The van der Waals surface area contributed by atoms with E-state index in [-0.39, 0.29) is 35.0 Å². The lowest BCUT2D eigenvalue weighted by Gasteiger charge is -2.25. The first-order valence-corrected chi connectivity index (χ1v) is 4.78. The number of nitrogens with two attached hydrogens (primary N) is 1. The molecule has 6 heteroatoms. The maximum atomic E-state index is 11.7. The normalized spacial score (nSPS) is 21.1. The van der Waals surface area contributed by atoms with Crippen molar-refractivity contribution in [3.63, 3.8) is 0 Å². The zero-order valence-corrected chi connectivity index (χ0v) is 8.65. The van der Waals surface area contributed by atoms with E-state index in [1.54, 1.807) is 18.2 Å². The zero-order valence-electron chi connectivity index (χ0n) is 8.65. The van der Waals surface area contributed by atoms with Gasteiger partial charge in [-0.15, -0.1) is 0 Å². The van der Waals surface area contributed by atoms with E-state index in [2.05, 4.69) is 0 Å². The van der Waals surface area contributed by atoms with E-state index in [1.807, 2.05) is 0 Å². The number of hydrogen-bond acceptors (Lipinski definition) is 6.